The number of nitrogens with zero attached hydrogens (tertiary/aromatic N) is 1. The van der Waals surface area contributed by atoms with E-state index in [9.17, 15) is 19.8 Å². The van der Waals surface area contributed by atoms with Crippen molar-refractivity contribution in [2.75, 3.05) is 0 Å². The van der Waals surface area contributed by atoms with Gasteiger partial charge in [0.1, 0.15) is 11.9 Å². The molecule has 7 heteroatoms. The molecule has 0 saturated carbocycles. The highest BCUT2D eigenvalue weighted by molar-refractivity contribution is 5.24. The van der Waals surface area contributed by atoms with Gasteiger partial charge >= 0.3 is 5.69 Å². The van der Waals surface area contributed by atoms with Crippen molar-refractivity contribution in [2.24, 2.45) is 0 Å². The molecule has 3 rings (SSSR count). The Morgan fingerprint density at radius 1 is 1.59 bits per heavy atom. The highest BCUT2D eigenvalue weighted by atomic mass is 16.6. The molecule has 1 saturated heterocycles. The summed E-state index contributed by atoms with van der Waals surface area (Å²) in [5.41, 5.74) is -2.52. The number of aliphatic hydroxyl groups excluding tert-OH is 1. The molecule has 1 aromatic heterocycles. The highest BCUT2D eigenvalue weighted by Crippen LogP contribution is 2.45. The lowest BCUT2D eigenvalue weighted by atomic mass is 9.94. The largest absolute Gasteiger partial charge is 0.469 e. The lowest BCUT2D eigenvalue weighted by Gasteiger charge is -2.21. The summed E-state index contributed by atoms with van der Waals surface area (Å²) in [6.07, 6.45) is -2.34. The number of hydrogen-bond donors (Lipinski definition) is 3. The van der Waals surface area contributed by atoms with Crippen LogP contribution in [0.3, 0.4) is 0 Å². The van der Waals surface area contributed by atoms with E-state index in [-0.39, 0.29) is 12.2 Å². The maximum atomic E-state index is 11.6. The van der Waals surface area contributed by atoms with Crippen molar-refractivity contribution in [3.8, 4) is 0 Å². The molecule has 0 aromatic carbocycles. The van der Waals surface area contributed by atoms with Gasteiger partial charge in [-0.05, 0) is 0 Å². The Hall–Kier alpha value is -1.86. The fraction of sp³-hybridized carbons (Fsp3) is 0.400. The fourth-order valence-corrected chi connectivity index (χ4v) is 2.42. The van der Waals surface area contributed by atoms with Crippen LogP contribution >= 0.6 is 0 Å². The number of aliphatic hydroxyl groups is 2. The van der Waals surface area contributed by atoms with Gasteiger partial charge in [0.2, 0.25) is 6.23 Å². The van der Waals surface area contributed by atoms with Crippen LogP contribution in [0.2, 0.25) is 0 Å². The van der Waals surface area contributed by atoms with Crippen LogP contribution in [0.1, 0.15) is 11.9 Å². The summed E-state index contributed by atoms with van der Waals surface area (Å²) < 4.78 is 6.32. The highest BCUT2D eigenvalue weighted by Gasteiger charge is 2.58. The quantitative estimate of drug-likeness (QED) is 0.496. The lowest BCUT2D eigenvalue weighted by Crippen LogP contribution is -2.43. The molecule has 3 N–H and O–H groups in total. The van der Waals surface area contributed by atoms with Crippen LogP contribution in [-0.2, 0) is 11.2 Å². The molecule has 17 heavy (non-hydrogen) atoms. The molecular weight excluding hydrogens is 228 g/mol. The van der Waals surface area contributed by atoms with Crippen LogP contribution in [-0.4, -0.2) is 31.5 Å². The Labute approximate surface area is 94.6 Å². The lowest BCUT2D eigenvalue weighted by molar-refractivity contribution is -0.0880. The first-order valence-corrected chi connectivity index (χ1v) is 5.04. The van der Waals surface area contributed by atoms with Gasteiger partial charge in [0.05, 0.1) is 0 Å². The standard InChI is InChI=1S/C10H10N2O5/c1-4-7(14)10(16)3-5-2-6(13)11-9(15)12(5)8(10)17-4/h2,7-8,14,16H,1,3H2,(H,11,13,15)/t7-,8-,10-/m1/s1. The van der Waals surface area contributed by atoms with Crippen LogP contribution in [0.25, 0.3) is 0 Å². The third kappa shape index (κ3) is 1.12. The van der Waals surface area contributed by atoms with Gasteiger partial charge in [-0.2, -0.15) is 0 Å². The summed E-state index contributed by atoms with van der Waals surface area (Å²) in [6.45, 7) is 3.46. The average molecular weight is 238 g/mol. The van der Waals surface area contributed by atoms with Gasteiger partial charge in [-0.15, -0.1) is 0 Å². The van der Waals surface area contributed by atoms with Crippen LogP contribution in [0, 0.1) is 0 Å². The smallest absolute Gasteiger partial charge is 0.331 e. The molecule has 1 aromatic rings. The topological polar surface area (TPSA) is 105 Å². The first kappa shape index (κ1) is 10.3. The SMILES string of the molecule is C=C1O[C@H]2n3c(cc(=O)[nH]c3=O)C[C@@]2(O)[C@@H]1O. The molecule has 7 nitrogen and oxygen atoms in total. The van der Waals surface area contributed by atoms with E-state index in [1.807, 2.05) is 0 Å². The predicted octanol–water partition coefficient (Wildman–Crippen LogP) is -1.77. The van der Waals surface area contributed by atoms with Crippen molar-refractivity contribution in [3.63, 3.8) is 0 Å². The van der Waals surface area contributed by atoms with E-state index < -0.39 is 29.2 Å². The van der Waals surface area contributed by atoms with E-state index in [0.717, 1.165) is 4.57 Å². The zero-order chi connectivity index (χ0) is 12.4. The Morgan fingerprint density at radius 3 is 3.00 bits per heavy atom. The number of aromatic nitrogens is 2. The Balaban J connectivity index is 2.25. The molecule has 0 radical (unpaired) electrons. The molecular formula is C10H10N2O5. The summed E-state index contributed by atoms with van der Waals surface area (Å²) >= 11 is 0. The fourth-order valence-electron chi connectivity index (χ4n) is 2.42. The third-order valence-electron chi connectivity index (χ3n) is 3.22. The molecule has 90 valence electrons. The Morgan fingerprint density at radius 2 is 2.29 bits per heavy atom. The number of ether oxygens (including phenoxy) is 1. The molecule has 1 fully saturated rings. The van der Waals surface area contributed by atoms with E-state index in [0.29, 0.717) is 5.69 Å². The monoisotopic (exact) mass is 238 g/mol. The van der Waals surface area contributed by atoms with Crippen LogP contribution < -0.4 is 11.2 Å². The third-order valence-corrected chi connectivity index (χ3v) is 3.22. The van der Waals surface area contributed by atoms with Crippen molar-refractivity contribution in [1.82, 2.24) is 9.55 Å². The van der Waals surface area contributed by atoms with Crippen molar-refractivity contribution in [2.45, 2.75) is 24.4 Å². The molecule has 0 bridgehead atoms. The zero-order valence-corrected chi connectivity index (χ0v) is 8.71. The predicted molar refractivity (Wildman–Crippen MR) is 55.2 cm³/mol. The summed E-state index contributed by atoms with van der Waals surface area (Å²) in [5.74, 6) is 0.0150. The van der Waals surface area contributed by atoms with Gasteiger partial charge in [0.15, 0.2) is 5.60 Å². The minimum atomic E-state index is -1.63. The zero-order valence-electron chi connectivity index (χ0n) is 8.71. The van der Waals surface area contributed by atoms with E-state index in [1.165, 1.54) is 6.07 Å². The maximum Gasteiger partial charge on any atom is 0.331 e. The second-order valence-corrected chi connectivity index (χ2v) is 4.31. The van der Waals surface area contributed by atoms with Gasteiger partial charge in [-0.1, -0.05) is 6.58 Å². The molecule has 2 aliphatic rings. The van der Waals surface area contributed by atoms with E-state index in [4.69, 9.17) is 4.74 Å². The molecule has 3 heterocycles. The number of rotatable bonds is 0. The number of hydrogen-bond acceptors (Lipinski definition) is 5. The molecule has 3 atom stereocenters. The second-order valence-electron chi connectivity index (χ2n) is 4.31. The van der Waals surface area contributed by atoms with Crippen molar-refractivity contribution >= 4 is 0 Å². The van der Waals surface area contributed by atoms with Crippen LogP contribution in [0.15, 0.2) is 28.0 Å². The Bertz CT molecular complexity index is 630. The summed E-state index contributed by atoms with van der Waals surface area (Å²) in [4.78, 5) is 24.9. The first-order valence-electron chi connectivity index (χ1n) is 5.04. The maximum absolute atomic E-state index is 11.6. The average Bonchev–Trinajstić information content (AvgIpc) is 2.61. The Kier molecular flexibility index (Phi) is 1.74. The minimum absolute atomic E-state index is 0.0150. The van der Waals surface area contributed by atoms with Crippen molar-refractivity contribution in [3.05, 3.63) is 44.9 Å². The molecule has 0 amide bonds. The number of nitrogens with one attached hydrogen (secondary N) is 1. The summed E-state index contributed by atoms with van der Waals surface area (Å²) in [6, 6.07) is 1.20. The van der Waals surface area contributed by atoms with Crippen molar-refractivity contribution < 1.29 is 14.9 Å². The normalized spacial score (nSPS) is 34.4. The van der Waals surface area contributed by atoms with Gasteiger partial charge < -0.3 is 14.9 Å². The number of aromatic amines is 1. The molecule has 0 spiro atoms. The molecule has 0 unspecified atom stereocenters. The van der Waals surface area contributed by atoms with E-state index in [2.05, 4.69) is 11.6 Å². The van der Waals surface area contributed by atoms with Crippen LogP contribution in [0.4, 0.5) is 0 Å². The summed E-state index contributed by atoms with van der Waals surface area (Å²) in [5, 5.41) is 20.1. The number of H-pyrrole nitrogens is 1. The molecule has 0 aliphatic carbocycles. The number of fused-ring (bicyclic) bond motifs is 3. The van der Waals surface area contributed by atoms with Gasteiger partial charge in [-0.3, -0.25) is 14.3 Å². The summed E-state index contributed by atoms with van der Waals surface area (Å²) in [7, 11) is 0. The van der Waals surface area contributed by atoms with E-state index >= 15 is 0 Å². The van der Waals surface area contributed by atoms with E-state index in [1.54, 1.807) is 0 Å². The first-order chi connectivity index (χ1) is 7.93. The minimum Gasteiger partial charge on any atom is -0.469 e. The molecule has 2 aliphatic heterocycles. The van der Waals surface area contributed by atoms with Gasteiger partial charge in [0, 0.05) is 18.2 Å². The van der Waals surface area contributed by atoms with Gasteiger partial charge in [-0.25, -0.2) is 4.79 Å². The van der Waals surface area contributed by atoms with Crippen LogP contribution in [0.5, 0.6) is 0 Å². The second kappa shape index (κ2) is 2.88. The van der Waals surface area contributed by atoms with Gasteiger partial charge in [0.25, 0.3) is 5.56 Å². The van der Waals surface area contributed by atoms with Crippen molar-refractivity contribution in [1.29, 1.82) is 0 Å².